The fourth-order valence-corrected chi connectivity index (χ4v) is 2.42. The smallest absolute Gasteiger partial charge is 0.248 e. The first-order valence-corrected chi connectivity index (χ1v) is 7.86. The maximum absolute atomic E-state index is 13.2. The molecule has 0 fully saturated rings. The average Bonchev–Trinajstić information content (AvgIpc) is 2.65. The maximum Gasteiger partial charge on any atom is 0.248 e. The number of hydrogen-bond acceptors (Lipinski definition) is 3. The van der Waals surface area contributed by atoms with Crippen molar-refractivity contribution in [3.63, 3.8) is 0 Å². The molecule has 2 aromatic rings. The van der Waals surface area contributed by atoms with Crippen molar-refractivity contribution in [2.45, 2.75) is 6.04 Å². The van der Waals surface area contributed by atoms with E-state index < -0.39 is 23.7 Å². The van der Waals surface area contributed by atoms with E-state index in [4.69, 9.17) is 18.0 Å². The summed E-state index contributed by atoms with van der Waals surface area (Å²) in [5.41, 5.74) is 0.802. The molecule has 128 valence electrons. The molecule has 2 amide bonds. The number of hydrogen-bond donors (Lipinski definition) is 1. The number of amides is 2. The third-order valence-electron chi connectivity index (χ3n) is 3.36. The second-order valence-electron chi connectivity index (χ2n) is 4.98. The zero-order valence-electron chi connectivity index (χ0n) is 13.2. The monoisotopic (exact) mass is 359 g/mol. The van der Waals surface area contributed by atoms with Crippen molar-refractivity contribution in [1.29, 1.82) is 0 Å². The molecule has 1 unspecified atom stereocenters. The fourth-order valence-electron chi connectivity index (χ4n) is 2.29. The summed E-state index contributed by atoms with van der Waals surface area (Å²) in [6, 6.07) is 7.46. The molecule has 0 saturated carbocycles. The third kappa shape index (κ3) is 4.55. The summed E-state index contributed by atoms with van der Waals surface area (Å²) in [6.07, 6.45) is 8.20. The topological polar surface area (TPSA) is 62.3 Å². The third-order valence-corrected chi connectivity index (χ3v) is 3.59. The van der Waals surface area contributed by atoms with Gasteiger partial charge in [-0.05, 0) is 30.3 Å². The standard InChI is InChI=1S/C18H15ClFN3O2/c1-2-9-22-18(25)17(13-4-3-10-21-12-13)23(16(24)11-19)15-7-5-14(20)6-8-15/h1,3-8,10,12,17H,9,11H2,(H,22,25). The molecule has 1 atom stereocenters. The molecule has 2 rings (SSSR count). The number of anilines is 1. The van der Waals surface area contributed by atoms with Crippen LogP contribution in [0, 0.1) is 18.2 Å². The Bertz CT molecular complexity index is 775. The van der Waals surface area contributed by atoms with Gasteiger partial charge in [0, 0.05) is 23.6 Å². The summed E-state index contributed by atoms with van der Waals surface area (Å²) in [7, 11) is 0. The summed E-state index contributed by atoms with van der Waals surface area (Å²) >= 11 is 5.72. The minimum atomic E-state index is -1.04. The number of carbonyl (C=O) groups is 2. The summed E-state index contributed by atoms with van der Waals surface area (Å²) in [6.45, 7) is 0.00190. The van der Waals surface area contributed by atoms with Crippen molar-refractivity contribution in [2.75, 3.05) is 17.3 Å². The number of rotatable bonds is 6. The van der Waals surface area contributed by atoms with E-state index in [9.17, 15) is 14.0 Å². The quantitative estimate of drug-likeness (QED) is 0.636. The van der Waals surface area contributed by atoms with Gasteiger partial charge in [-0.25, -0.2) is 4.39 Å². The van der Waals surface area contributed by atoms with Gasteiger partial charge in [0.15, 0.2) is 0 Å². The van der Waals surface area contributed by atoms with E-state index in [1.165, 1.54) is 35.4 Å². The van der Waals surface area contributed by atoms with Crippen LogP contribution in [0.25, 0.3) is 0 Å². The summed E-state index contributed by atoms with van der Waals surface area (Å²) in [4.78, 5) is 30.3. The predicted molar refractivity (Wildman–Crippen MR) is 93.4 cm³/mol. The molecule has 7 heteroatoms. The number of terminal acetylenes is 1. The predicted octanol–water partition coefficient (Wildman–Crippen LogP) is 2.28. The Morgan fingerprint density at radius 1 is 1.32 bits per heavy atom. The molecule has 1 N–H and O–H groups in total. The molecule has 0 aliphatic heterocycles. The van der Waals surface area contributed by atoms with Crippen LogP contribution in [-0.2, 0) is 9.59 Å². The first kappa shape index (κ1) is 18.4. The van der Waals surface area contributed by atoms with Crippen molar-refractivity contribution < 1.29 is 14.0 Å². The summed E-state index contributed by atoms with van der Waals surface area (Å²) in [5.74, 6) is 0.488. The highest BCUT2D eigenvalue weighted by atomic mass is 35.5. The molecule has 0 radical (unpaired) electrons. The Morgan fingerprint density at radius 2 is 2.04 bits per heavy atom. The Labute approximate surface area is 149 Å². The molecular weight excluding hydrogens is 345 g/mol. The van der Waals surface area contributed by atoms with Gasteiger partial charge in [0.1, 0.15) is 17.7 Å². The molecule has 1 heterocycles. The molecule has 0 aliphatic carbocycles. The maximum atomic E-state index is 13.2. The normalized spacial score (nSPS) is 11.2. The van der Waals surface area contributed by atoms with Crippen molar-refractivity contribution in [3.8, 4) is 12.3 Å². The minimum Gasteiger partial charge on any atom is -0.343 e. The highest BCUT2D eigenvalue weighted by molar-refractivity contribution is 6.29. The van der Waals surface area contributed by atoms with Gasteiger partial charge in [-0.2, -0.15) is 0 Å². The van der Waals surface area contributed by atoms with Crippen LogP contribution in [0.3, 0.4) is 0 Å². The molecule has 5 nitrogen and oxygen atoms in total. The van der Waals surface area contributed by atoms with Gasteiger partial charge in [-0.15, -0.1) is 18.0 Å². The van der Waals surface area contributed by atoms with Gasteiger partial charge in [0.25, 0.3) is 0 Å². The highest BCUT2D eigenvalue weighted by Gasteiger charge is 2.32. The van der Waals surface area contributed by atoms with E-state index >= 15 is 0 Å². The van der Waals surface area contributed by atoms with Gasteiger partial charge in [-0.3, -0.25) is 19.5 Å². The lowest BCUT2D eigenvalue weighted by Crippen LogP contribution is -2.44. The average molecular weight is 360 g/mol. The molecule has 0 saturated heterocycles. The van der Waals surface area contributed by atoms with E-state index in [2.05, 4.69) is 16.2 Å². The minimum absolute atomic E-state index is 0.00190. The van der Waals surface area contributed by atoms with Gasteiger partial charge < -0.3 is 5.32 Å². The zero-order chi connectivity index (χ0) is 18.2. The first-order chi connectivity index (χ1) is 12.1. The molecule has 0 spiro atoms. The van der Waals surface area contributed by atoms with Gasteiger partial charge >= 0.3 is 0 Å². The number of carbonyl (C=O) groups excluding carboxylic acids is 2. The number of pyridine rings is 1. The second-order valence-corrected chi connectivity index (χ2v) is 5.25. The second kappa shape index (κ2) is 8.81. The van der Waals surface area contributed by atoms with Crippen LogP contribution in [0.1, 0.15) is 11.6 Å². The first-order valence-electron chi connectivity index (χ1n) is 7.33. The van der Waals surface area contributed by atoms with Gasteiger partial charge in [0.05, 0.1) is 6.54 Å². The van der Waals surface area contributed by atoms with Crippen molar-refractivity contribution in [2.24, 2.45) is 0 Å². The number of alkyl halides is 1. The Hall–Kier alpha value is -2.91. The molecule has 0 aliphatic rings. The SMILES string of the molecule is C#CCNC(=O)C(c1cccnc1)N(C(=O)CCl)c1ccc(F)cc1. The van der Waals surface area contributed by atoms with Crippen LogP contribution in [0.15, 0.2) is 48.8 Å². The lowest BCUT2D eigenvalue weighted by molar-refractivity contribution is -0.125. The van der Waals surface area contributed by atoms with Crippen molar-refractivity contribution in [3.05, 3.63) is 60.2 Å². The summed E-state index contributed by atoms with van der Waals surface area (Å²) < 4.78 is 13.2. The zero-order valence-corrected chi connectivity index (χ0v) is 13.9. The van der Waals surface area contributed by atoms with E-state index in [1.54, 1.807) is 18.3 Å². The lowest BCUT2D eigenvalue weighted by atomic mass is 10.0. The van der Waals surface area contributed by atoms with Crippen LogP contribution in [0.2, 0.25) is 0 Å². The van der Waals surface area contributed by atoms with Crippen LogP contribution < -0.4 is 10.2 Å². The van der Waals surface area contributed by atoms with Crippen molar-refractivity contribution in [1.82, 2.24) is 10.3 Å². The molecule has 1 aromatic heterocycles. The van der Waals surface area contributed by atoms with Gasteiger partial charge in [-0.1, -0.05) is 12.0 Å². The Kier molecular flexibility index (Phi) is 6.49. The fraction of sp³-hybridized carbons (Fsp3) is 0.167. The van der Waals surface area contributed by atoms with Crippen LogP contribution in [0.5, 0.6) is 0 Å². The van der Waals surface area contributed by atoms with E-state index in [0.29, 0.717) is 11.3 Å². The number of halogens is 2. The molecule has 25 heavy (non-hydrogen) atoms. The highest BCUT2D eigenvalue weighted by Crippen LogP contribution is 2.28. The van der Waals surface area contributed by atoms with E-state index in [0.717, 1.165) is 0 Å². The van der Waals surface area contributed by atoms with E-state index in [-0.39, 0.29) is 12.4 Å². The van der Waals surface area contributed by atoms with Gasteiger partial charge in [0.2, 0.25) is 11.8 Å². The summed E-state index contributed by atoms with van der Waals surface area (Å²) in [5, 5.41) is 2.56. The Morgan fingerprint density at radius 3 is 2.60 bits per heavy atom. The Balaban J connectivity index is 2.52. The van der Waals surface area contributed by atoms with E-state index in [1.807, 2.05) is 0 Å². The van der Waals surface area contributed by atoms with Crippen LogP contribution in [-0.4, -0.2) is 29.2 Å². The molecular formula is C18H15ClFN3O2. The van der Waals surface area contributed by atoms with Crippen molar-refractivity contribution >= 4 is 29.1 Å². The number of nitrogens with zero attached hydrogens (tertiary/aromatic N) is 2. The number of benzene rings is 1. The molecule has 1 aromatic carbocycles. The number of nitrogens with one attached hydrogen (secondary N) is 1. The molecule has 0 bridgehead atoms. The lowest BCUT2D eigenvalue weighted by Gasteiger charge is -2.30. The largest absolute Gasteiger partial charge is 0.343 e. The number of aromatic nitrogens is 1. The van der Waals surface area contributed by atoms with Crippen LogP contribution >= 0.6 is 11.6 Å². The van der Waals surface area contributed by atoms with Crippen LogP contribution in [0.4, 0.5) is 10.1 Å².